The summed E-state index contributed by atoms with van der Waals surface area (Å²) >= 11 is 6.72. The number of carbonyl (C=O) groups is 1. The second kappa shape index (κ2) is 5.55. The van der Waals surface area contributed by atoms with Crippen LogP contribution in [0, 0.1) is 19.7 Å². The molecule has 0 aliphatic carbocycles. The summed E-state index contributed by atoms with van der Waals surface area (Å²) in [6.07, 6.45) is 0. The van der Waals surface area contributed by atoms with Gasteiger partial charge in [-0.2, -0.15) is 0 Å². The molecule has 2 aromatic rings. The molecule has 0 atom stereocenters. The second-order valence-corrected chi connectivity index (χ2v) is 6.23. The molecule has 0 aromatic heterocycles. The molecule has 2 aromatic carbocycles. The molecule has 0 heterocycles. The Labute approximate surface area is 128 Å². The van der Waals surface area contributed by atoms with Crippen molar-refractivity contribution in [3.05, 3.63) is 67.3 Å². The van der Waals surface area contributed by atoms with Crippen molar-refractivity contribution in [2.45, 2.75) is 13.8 Å². The van der Waals surface area contributed by atoms with Gasteiger partial charge in [0.05, 0.1) is 0 Å². The number of ketones is 1. The summed E-state index contributed by atoms with van der Waals surface area (Å²) in [5.74, 6) is -0.418. The van der Waals surface area contributed by atoms with Crippen LogP contribution in [0.2, 0.25) is 0 Å². The van der Waals surface area contributed by atoms with E-state index in [1.165, 1.54) is 12.1 Å². The van der Waals surface area contributed by atoms with Crippen LogP contribution in [0.5, 0.6) is 0 Å². The quantitative estimate of drug-likeness (QED) is 0.649. The molecule has 19 heavy (non-hydrogen) atoms. The fourth-order valence-corrected chi connectivity index (χ4v) is 3.39. The van der Waals surface area contributed by atoms with Crippen LogP contribution in [-0.2, 0) is 0 Å². The van der Waals surface area contributed by atoms with Crippen molar-refractivity contribution < 1.29 is 9.18 Å². The van der Waals surface area contributed by atoms with Gasteiger partial charge in [-0.3, -0.25) is 4.79 Å². The van der Waals surface area contributed by atoms with Crippen molar-refractivity contribution in [3.63, 3.8) is 0 Å². The summed E-state index contributed by atoms with van der Waals surface area (Å²) in [5, 5.41) is 0. The minimum Gasteiger partial charge on any atom is -0.289 e. The zero-order valence-electron chi connectivity index (χ0n) is 10.4. The van der Waals surface area contributed by atoms with E-state index in [9.17, 15) is 9.18 Å². The van der Waals surface area contributed by atoms with E-state index in [-0.39, 0.29) is 11.6 Å². The maximum Gasteiger partial charge on any atom is 0.193 e. The van der Waals surface area contributed by atoms with E-state index in [1.807, 2.05) is 6.07 Å². The van der Waals surface area contributed by atoms with E-state index in [0.717, 1.165) is 8.95 Å². The monoisotopic (exact) mass is 384 g/mol. The molecule has 0 saturated carbocycles. The molecule has 0 N–H and O–H groups in total. The van der Waals surface area contributed by atoms with Crippen LogP contribution in [0.3, 0.4) is 0 Å². The molecule has 0 amide bonds. The standard InChI is InChI=1S/C15H11Br2FO/c1-8-3-13(18)4-9(2)14(8)15(19)10-5-11(16)7-12(17)6-10/h3-7H,1-2H3. The molecular formula is C15H11Br2FO. The molecule has 0 spiro atoms. The maximum atomic E-state index is 13.3. The number of aryl methyl sites for hydroxylation is 2. The first kappa shape index (κ1) is 14.4. The minimum atomic E-state index is -0.318. The van der Waals surface area contributed by atoms with Crippen LogP contribution in [0.4, 0.5) is 4.39 Å². The van der Waals surface area contributed by atoms with Gasteiger partial charge in [0.15, 0.2) is 5.78 Å². The first-order valence-electron chi connectivity index (χ1n) is 5.66. The predicted molar refractivity (Wildman–Crippen MR) is 81.1 cm³/mol. The Morgan fingerprint density at radius 2 is 1.42 bits per heavy atom. The molecule has 0 aliphatic rings. The summed E-state index contributed by atoms with van der Waals surface area (Å²) in [4.78, 5) is 12.5. The molecule has 1 nitrogen and oxygen atoms in total. The lowest BCUT2D eigenvalue weighted by Crippen LogP contribution is -2.07. The van der Waals surface area contributed by atoms with E-state index in [4.69, 9.17) is 0 Å². The Kier molecular flexibility index (Phi) is 4.21. The number of halogens is 3. The summed E-state index contributed by atoms with van der Waals surface area (Å²) in [7, 11) is 0. The van der Waals surface area contributed by atoms with Crippen LogP contribution >= 0.6 is 31.9 Å². The zero-order valence-corrected chi connectivity index (χ0v) is 13.6. The van der Waals surface area contributed by atoms with Gasteiger partial charge in [-0.25, -0.2) is 4.39 Å². The molecule has 0 unspecified atom stereocenters. The average Bonchev–Trinajstić information content (AvgIpc) is 2.25. The normalized spacial score (nSPS) is 10.6. The predicted octanol–water partition coefficient (Wildman–Crippen LogP) is 5.20. The largest absolute Gasteiger partial charge is 0.289 e. The molecule has 0 aliphatic heterocycles. The Morgan fingerprint density at radius 3 is 1.89 bits per heavy atom. The van der Waals surface area contributed by atoms with Crippen molar-refractivity contribution in [1.29, 1.82) is 0 Å². The highest BCUT2D eigenvalue weighted by Gasteiger charge is 2.16. The molecule has 98 valence electrons. The van der Waals surface area contributed by atoms with Gasteiger partial charge in [0, 0.05) is 20.1 Å². The topological polar surface area (TPSA) is 17.1 Å². The van der Waals surface area contributed by atoms with Crippen LogP contribution in [0.1, 0.15) is 27.0 Å². The van der Waals surface area contributed by atoms with Crippen molar-refractivity contribution in [3.8, 4) is 0 Å². The molecule has 0 saturated heterocycles. The van der Waals surface area contributed by atoms with Gasteiger partial charge in [0.1, 0.15) is 5.82 Å². The third-order valence-corrected chi connectivity index (χ3v) is 3.76. The first-order chi connectivity index (χ1) is 8.88. The molecule has 0 bridgehead atoms. The third kappa shape index (κ3) is 3.12. The highest BCUT2D eigenvalue weighted by molar-refractivity contribution is 9.11. The molecule has 0 radical (unpaired) electrons. The summed E-state index contributed by atoms with van der Waals surface area (Å²) in [6.45, 7) is 3.49. The van der Waals surface area contributed by atoms with Crippen LogP contribution in [-0.4, -0.2) is 5.78 Å². The number of hydrogen-bond acceptors (Lipinski definition) is 1. The van der Waals surface area contributed by atoms with Gasteiger partial charge in [-0.1, -0.05) is 31.9 Å². The van der Waals surface area contributed by atoms with Gasteiger partial charge in [-0.15, -0.1) is 0 Å². The Morgan fingerprint density at radius 1 is 0.947 bits per heavy atom. The van der Waals surface area contributed by atoms with E-state index in [2.05, 4.69) is 31.9 Å². The minimum absolute atomic E-state index is 0.1000. The van der Waals surface area contributed by atoms with E-state index >= 15 is 0 Å². The SMILES string of the molecule is Cc1cc(F)cc(C)c1C(=O)c1cc(Br)cc(Br)c1. The number of hydrogen-bond donors (Lipinski definition) is 0. The summed E-state index contributed by atoms with van der Waals surface area (Å²) < 4.78 is 14.9. The average molecular weight is 386 g/mol. The lowest BCUT2D eigenvalue weighted by Gasteiger charge is -2.10. The van der Waals surface area contributed by atoms with E-state index in [1.54, 1.807) is 26.0 Å². The highest BCUT2D eigenvalue weighted by Crippen LogP contribution is 2.25. The van der Waals surface area contributed by atoms with Gasteiger partial charge in [0.25, 0.3) is 0 Å². The number of rotatable bonds is 2. The van der Waals surface area contributed by atoms with Gasteiger partial charge in [0.2, 0.25) is 0 Å². The lowest BCUT2D eigenvalue weighted by molar-refractivity contribution is 0.103. The summed E-state index contributed by atoms with van der Waals surface area (Å²) in [6, 6.07) is 8.15. The van der Waals surface area contributed by atoms with Crippen LogP contribution in [0.15, 0.2) is 39.3 Å². The van der Waals surface area contributed by atoms with Gasteiger partial charge < -0.3 is 0 Å². The summed E-state index contributed by atoms with van der Waals surface area (Å²) in [5.41, 5.74) is 2.43. The second-order valence-electron chi connectivity index (χ2n) is 4.40. The van der Waals surface area contributed by atoms with Crippen LogP contribution in [0.25, 0.3) is 0 Å². The van der Waals surface area contributed by atoms with Gasteiger partial charge >= 0.3 is 0 Å². The Bertz CT molecular complexity index is 622. The molecule has 0 fully saturated rings. The number of benzene rings is 2. The lowest BCUT2D eigenvalue weighted by atomic mass is 9.95. The molecular weight excluding hydrogens is 375 g/mol. The maximum absolute atomic E-state index is 13.3. The van der Waals surface area contributed by atoms with Crippen molar-refractivity contribution in [1.82, 2.24) is 0 Å². The van der Waals surface area contributed by atoms with Crippen molar-refractivity contribution >= 4 is 37.6 Å². The van der Waals surface area contributed by atoms with Crippen molar-refractivity contribution in [2.75, 3.05) is 0 Å². The smallest absolute Gasteiger partial charge is 0.193 e. The van der Waals surface area contributed by atoms with Gasteiger partial charge in [-0.05, 0) is 55.3 Å². The van der Waals surface area contributed by atoms with Crippen molar-refractivity contribution in [2.24, 2.45) is 0 Å². The Hall–Kier alpha value is -1.000. The molecule has 4 heteroatoms. The highest BCUT2D eigenvalue weighted by atomic mass is 79.9. The van der Waals surface area contributed by atoms with Crippen LogP contribution < -0.4 is 0 Å². The Balaban J connectivity index is 2.56. The fourth-order valence-electron chi connectivity index (χ4n) is 2.10. The number of carbonyl (C=O) groups excluding carboxylic acids is 1. The van der Waals surface area contributed by atoms with E-state index < -0.39 is 0 Å². The fraction of sp³-hybridized carbons (Fsp3) is 0.133. The first-order valence-corrected chi connectivity index (χ1v) is 7.24. The molecule has 2 rings (SSSR count). The third-order valence-electron chi connectivity index (χ3n) is 2.85. The van der Waals surface area contributed by atoms with E-state index in [0.29, 0.717) is 22.3 Å². The zero-order chi connectivity index (χ0) is 14.2.